The van der Waals surface area contributed by atoms with Crippen molar-refractivity contribution in [2.75, 3.05) is 4.90 Å². The van der Waals surface area contributed by atoms with Gasteiger partial charge in [0.2, 0.25) is 0 Å². The first kappa shape index (κ1) is 37.3. The van der Waals surface area contributed by atoms with Crippen molar-refractivity contribution >= 4 is 60.4 Å². The molecule has 0 fully saturated rings. The Labute approximate surface area is 373 Å². The van der Waals surface area contributed by atoms with Crippen molar-refractivity contribution in [2.24, 2.45) is 0 Å². The molecule has 11 aromatic carbocycles. The Hall–Kier alpha value is -8.46. The van der Waals surface area contributed by atoms with Gasteiger partial charge in [0.15, 0.2) is 0 Å². The van der Waals surface area contributed by atoms with Gasteiger partial charge in [-0.15, -0.1) is 0 Å². The molecule has 0 aliphatic rings. The normalized spacial score (nSPS) is 11.4. The highest BCUT2D eigenvalue weighted by molar-refractivity contribution is 6.11. The van der Waals surface area contributed by atoms with Crippen molar-refractivity contribution in [2.45, 2.75) is 0 Å². The van der Waals surface area contributed by atoms with Gasteiger partial charge < -0.3 is 9.47 Å². The predicted octanol–water partition coefficient (Wildman–Crippen LogP) is 17.2. The zero-order chi connectivity index (χ0) is 42.4. The Kier molecular flexibility index (Phi) is 9.20. The molecule has 0 radical (unpaired) electrons. The van der Waals surface area contributed by atoms with E-state index in [0.717, 1.165) is 33.8 Å². The fourth-order valence-corrected chi connectivity index (χ4v) is 9.81. The summed E-state index contributed by atoms with van der Waals surface area (Å²) in [4.78, 5) is 2.44. The van der Waals surface area contributed by atoms with Gasteiger partial charge in [0, 0.05) is 33.4 Å². The topological polar surface area (TPSA) is 8.17 Å². The van der Waals surface area contributed by atoms with E-state index >= 15 is 0 Å². The van der Waals surface area contributed by atoms with Crippen molar-refractivity contribution < 1.29 is 0 Å². The average Bonchev–Trinajstić information content (AvgIpc) is 3.71. The van der Waals surface area contributed by atoms with Gasteiger partial charge >= 0.3 is 0 Å². The van der Waals surface area contributed by atoms with Crippen LogP contribution >= 0.6 is 0 Å². The van der Waals surface area contributed by atoms with Crippen LogP contribution in [0, 0.1) is 0 Å². The van der Waals surface area contributed by atoms with Gasteiger partial charge in [0.05, 0.1) is 16.7 Å². The molecule has 0 unspecified atom stereocenters. The third-order valence-corrected chi connectivity index (χ3v) is 12.8. The summed E-state index contributed by atoms with van der Waals surface area (Å²) in [5.41, 5.74) is 16.2. The molecule has 2 nitrogen and oxygen atoms in total. The lowest BCUT2D eigenvalue weighted by molar-refractivity contribution is 1.18. The Bertz CT molecular complexity index is 3660. The van der Waals surface area contributed by atoms with Crippen molar-refractivity contribution in [3.8, 4) is 50.2 Å². The summed E-state index contributed by atoms with van der Waals surface area (Å²) in [5, 5.41) is 7.52. The number of rotatable bonds is 8. The second-order valence-corrected chi connectivity index (χ2v) is 16.5. The third kappa shape index (κ3) is 6.44. The molecule has 0 bridgehead atoms. The Morgan fingerprint density at radius 3 is 1.56 bits per heavy atom. The number of benzene rings is 11. The van der Waals surface area contributed by atoms with Gasteiger partial charge in [-0.2, -0.15) is 0 Å². The molecule has 300 valence electrons. The molecule has 12 aromatic rings. The minimum Gasteiger partial charge on any atom is -0.310 e. The fraction of sp³-hybridized carbons (Fsp3) is 0. The zero-order valence-electron chi connectivity index (χ0n) is 35.1. The molecular formula is C62H42N2. The molecule has 0 atom stereocenters. The lowest BCUT2D eigenvalue weighted by atomic mass is 9.88. The van der Waals surface area contributed by atoms with E-state index in [4.69, 9.17) is 0 Å². The number of hydrogen-bond donors (Lipinski definition) is 0. The maximum absolute atomic E-state index is 2.44. The molecule has 0 aliphatic heterocycles. The van der Waals surface area contributed by atoms with Crippen LogP contribution in [0.5, 0.6) is 0 Å². The average molecular weight is 815 g/mol. The first-order valence-corrected chi connectivity index (χ1v) is 22.0. The number of fused-ring (bicyclic) bond motifs is 6. The summed E-state index contributed by atoms with van der Waals surface area (Å²) in [6.07, 6.45) is 0. The molecule has 0 saturated heterocycles. The van der Waals surface area contributed by atoms with Crippen LogP contribution < -0.4 is 4.90 Å². The first-order valence-electron chi connectivity index (χ1n) is 22.0. The van der Waals surface area contributed by atoms with E-state index in [1.165, 1.54) is 76.8 Å². The maximum Gasteiger partial charge on any atom is 0.0561 e. The van der Waals surface area contributed by atoms with Crippen molar-refractivity contribution in [1.82, 2.24) is 4.57 Å². The van der Waals surface area contributed by atoms with E-state index in [1.54, 1.807) is 0 Å². The van der Waals surface area contributed by atoms with Gasteiger partial charge in [-0.25, -0.2) is 0 Å². The standard InChI is InChI=1S/C62H42N2/c1-3-17-44(18-4-1)52-23-9-10-24-54(52)55-25-11-12-26-56(55)57-27-13-15-29-60(57)63(50-38-40-59-58-28-14-16-30-61(58)64(62(59)42-50)48-20-5-2-6-21-48)49-36-33-43(34-37-49)46-35-39-53-47(41-46)32-31-45-19-7-8-22-51(45)53/h1-42H. The van der Waals surface area contributed by atoms with Gasteiger partial charge in [0.25, 0.3) is 0 Å². The van der Waals surface area contributed by atoms with Crippen LogP contribution in [0.4, 0.5) is 17.1 Å². The van der Waals surface area contributed by atoms with E-state index in [-0.39, 0.29) is 0 Å². The van der Waals surface area contributed by atoms with Crippen LogP contribution in [0.3, 0.4) is 0 Å². The molecule has 64 heavy (non-hydrogen) atoms. The highest BCUT2D eigenvalue weighted by Gasteiger charge is 2.22. The van der Waals surface area contributed by atoms with Gasteiger partial charge in [-0.05, 0) is 115 Å². The summed E-state index contributed by atoms with van der Waals surface area (Å²) >= 11 is 0. The van der Waals surface area contributed by atoms with Crippen LogP contribution in [0.2, 0.25) is 0 Å². The number of para-hydroxylation sites is 3. The van der Waals surface area contributed by atoms with Crippen molar-refractivity contribution in [1.29, 1.82) is 0 Å². The minimum absolute atomic E-state index is 1.08. The number of nitrogens with zero attached hydrogens (tertiary/aromatic N) is 2. The molecule has 0 aliphatic carbocycles. The SMILES string of the molecule is c1ccc(-c2ccccc2-c2ccccc2-c2ccccc2N(c2ccc(-c3ccc4c(ccc5ccccc54)c3)cc2)c2ccc3c4ccccc4n(-c4ccccc4)c3c2)cc1. The second kappa shape index (κ2) is 15.8. The number of anilines is 3. The molecule has 1 heterocycles. The lowest BCUT2D eigenvalue weighted by Crippen LogP contribution is -2.11. The number of hydrogen-bond acceptors (Lipinski definition) is 1. The summed E-state index contributed by atoms with van der Waals surface area (Å²) < 4.78 is 2.40. The maximum atomic E-state index is 2.44. The highest BCUT2D eigenvalue weighted by Crippen LogP contribution is 2.46. The van der Waals surface area contributed by atoms with Gasteiger partial charge in [-0.1, -0.05) is 200 Å². The molecule has 12 rings (SSSR count). The Morgan fingerprint density at radius 1 is 0.266 bits per heavy atom. The summed E-state index contributed by atoms with van der Waals surface area (Å²) in [5.74, 6) is 0. The smallest absolute Gasteiger partial charge is 0.0561 e. The highest BCUT2D eigenvalue weighted by atomic mass is 15.1. The summed E-state index contributed by atoms with van der Waals surface area (Å²) in [6, 6.07) is 92.8. The minimum atomic E-state index is 1.08. The fourth-order valence-electron chi connectivity index (χ4n) is 9.81. The Morgan fingerprint density at radius 2 is 0.781 bits per heavy atom. The molecule has 1 aromatic heterocycles. The third-order valence-electron chi connectivity index (χ3n) is 12.8. The molecule has 0 saturated carbocycles. The molecular weight excluding hydrogens is 773 g/mol. The molecule has 2 heteroatoms. The van der Waals surface area contributed by atoms with Crippen LogP contribution in [0.1, 0.15) is 0 Å². The van der Waals surface area contributed by atoms with E-state index in [1.807, 2.05) is 0 Å². The zero-order valence-corrected chi connectivity index (χ0v) is 35.1. The molecule has 0 amide bonds. The predicted molar refractivity (Wildman–Crippen MR) is 272 cm³/mol. The van der Waals surface area contributed by atoms with E-state index < -0.39 is 0 Å². The number of aromatic nitrogens is 1. The van der Waals surface area contributed by atoms with E-state index in [2.05, 4.69) is 264 Å². The van der Waals surface area contributed by atoms with E-state index in [9.17, 15) is 0 Å². The molecule has 0 N–H and O–H groups in total. The van der Waals surface area contributed by atoms with Crippen LogP contribution in [-0.2, 0) is 0 Å². The van der Waals surface area contributed by atoms with Crippen LogP contribution in [0.25, 0.3) is 93.5 Å². The van der Waals surface area contributed by atoms with Crippen molar-refractivity contribution in [3.05, 3.63) is 255 Å². The quantitative estimate of drug-likeness (QED) is 0.139. The van der Waals surface area contributed by atoms with E-state index in [0.29, 0.717) is 0 Å². The Balaban J connectivity index is 1.05. The summed E-state index contributed by atoms with van der Waals surface area (Å²) in [6.45, 7) is 0. The lowest BCUT2D eigenvalue weighted by Gasteiger charge is -2.29. The van der Waals surface area contributed by atoms with Gasteiger partial charge in [0.1, 0.15) is 0 Å². The van der Waals surface area contributed by atoms with Gasteiger partial charge in [-0.3, -0.25) is 0 Å². The first-order chi connectivity index (χ1) is 31.8. The second-order valence-electron chi connectivity index (χ2n) is 16.5. The largest absolute Gasteiger partial charge is 0.310 e. The van der Waals surface area contributed by atoms with Crippen LogP contribution in [-0.4, -0.2) is 4.57 Å². The summed E-state index contributed by atoms with van der Waals surface area (Å²) in [7, 11) is 0. The molecule has 0 spiro atoms. The van der Waals surface area contributed by atoms with Crippen LogP contribution in [0.15, 0.2) is 255 Å². The van der Waals surface area contributed by atoms with Crippen molar-refractivity contribution in [3.63, 3.8) is 0 Å². The monoisotopic (exact) mass is 814 g/mol.